The van der Waals surface area contributed by atoms with Crippen molar-refractivity contribution < 1.29 is 9.90 Å². The number of nitrogens with zero attached hydrogens (tertiary/aromatic N) is 1. The molecule has 2 rings (SSSR count). The molecule has 0 heterocycles. The van der Waals surface area contributed by atoms with Gasteiger partial charge in [0.25, 0.3) is 0 Å². The zero-order chi connectivity index (χ0) is 17.6. The number of allylic oxidation sites excluding steroid dienone is 4. The average Bonchev–Trinajstić information content (AvgIpc) is 2.54. The number of phenolic OH excluding ortho intramolecular Hbond substituents is 1. The van der Waals surface area contributed by atoms with E-state index < -0.39 is 0 Å². The van der Waals surface area contributed by atoms with E-state index in [1.807, 2.05) is 55.4 Å². The summed E-state index contributed by atoms with van der Waals surface area (Å²) in [5.74, 6) is 0.445. The number of aromatic hydroxyl groups is 1. The Bertz CT molecular complexity index is 762. The molecular weight excluding hydrogens is 286 g/mol. The summed E-state index contributed by atoms with van der Waals surface area (Å²) >= 11 is 0. The van der Waals surface area contributed by atoms with Gasteiger partial charge in [-0.1, -0.05) is 0 Å². The fraction of sp³-hybridized carbons (Fsp3) is 0.400. The third-order valence-electron chi connectivity index (χ3n) is 5.29. The summed E-state index contributed by atoms with van der Waals surface area (Å²) in [5, 5.41) is 10.2. The fourth-order valence-electron chi connectivity index (χ4n) is 2.98. The van der Waals surface area contributed by atoms with Crippen LogP contribution in [-0.4, -0.2) is 16.6 Å². The van der Waals surface area contributed by atoms with Crippen LogP contribution in [0, 0.1) is 27.7 Å². The molecule has 1 aliphatic rings. The molecular formula is C20H25NO2. The van der Waals surface area contributed by atoms with Crippen molar-refractivity contribution in [3.05, 3.63) is 44.5 Å². The van der Waals surface area contributed by atoms with Gasteiger partial charge >= 0.3 is 0 Å². The lowest BCUT2D eigenvalue weighted by molar-refractivity contribution is -0.112. The Labute approximate surface area is 138 Å². The van der Waals surface area contributed by atoms with Gasteiger partial charge in [-0.05, 0) is 88.8 Å². The van der Waals surface area contributed by atoms with Gasteiger partial charge in [0.05, 0.1) is 11.4 Å². The molecule has 1 aromatic carbocycles. The Morgan fingerprint density at radius 3 is 1.43 bits per heavy atom. The van der Waals surface area contributed by atoms with Crippen LogP contribution in [0.2, 0.25) is 0 Å². The molecule has 1 N–H and O–H groups in total. The maximum absolute atomic E-state index is 12.2. The van der Waals surface area contributed by atoms with Gasteiger partial charge in [0.2, 0.25) is 0 Å². The lowest BCUT2D eigenvalue weighted by atomic mass is 9.86. The Morgan fingerprint density at radius 2 is 1.04 bits per heavy atom. The molecule has 0 atom stereocenters. The highest BCUT2D eigenvalue weighted by molar-refractivity contribution is 6.26. The van der Waals surface area contributed by atoms with E-state index in [1.165, 1.54) is 0 Å². The number of aliphatic imine (C=N–C) groups is 1. The number of carbonyl (C=O) groups is 1. The molecule has 0 unspecified atom stereocenters. The van der Waals surface area contributed by atoms with Crippen molar-refractivity contribution >= 4 is 17.2 Å². The van der Waals surface area contributed by atoms with Gasteiger partial charge in [0.15, 0.2) is 5.78 Å². The van der Waals surface area contributed by atoms with Gasteiger partial charge in [-0.2, -0.15) is 0 Å². The van der Waals surface area contributed by atoms with Crippen molar-refractivity contribution in [1.29, 1.82) is 0 Å². The Balaban J connectivity index is 2.80. The van der Waals surface area contributed by atoms with Crippen LogP contribution >= 0.6 is 0 Å². The van der Waals surface area contributed by atoms with E-state index in [-0.39, 0.29) is 5.78 Å². The van der Waals surface area contributed by atoms with Gasteiger partial charge in [-0.15, -0.1) is 0 Å². The van der Waals surface area contributed by atoms with Crippen LogP contribution in [0.4, 0.5) is 5.69 Å². The summed E-state index contributed by atoms with van der Waals surface area (Å²) in [4.78, 5) is 17.1. The second-order valence-corrected chi connectivity index (χ2v) is 6.49. The van der Waals surface area contributed by atoms with Gasteiger partial charge in [-0.25, -0.2) is 4.99 Å². The average molecular weight is 311 g/mol. The van der Waals surface area contributed by atoms with E-state index in [0.717, 1.165) is 55.9 Å². The third-order valence-corrected chi connectivity index (χ3v) is 5.29. The molecule has 122 valence electrons. The monoisotopic (exact) mass is 311 g/mol. The standard InChI is InChI=1S/C20H25NO2/c1-9-13(5)19(22)14(6)10(2)17(9)21-18-11(3)15(7)20(23)16(8)12(18)4/h22H,1-8H3. The van der Waals surface area contributed by atoms with Gasteiger partial charge in [0, 0.05) is 11.1 Å². The number of benzene rings is 1. The summed E-state index contributed by atoms with van der Waals surface area (Å²) in [6.07, 6.45) is 0. The van der Waals surface area contributed by atoms with E-state index in [1.54, 1.807) is 0 Å². The predicted molar refractivity (Wildman–Crippen MR) is 95.9 cm³/mol. The minimum Gasteiger partial charge on any atom is -0.507 e. The normalized spacial score (nSPS) is 15.7. The SMILES string of the molecule is CC1=C(C)C(=Nc2c(C)c(C)c(O)c(C)c2C)C(C)=C(C)C1=O. The van der Waals surface area contributed by atoms with Crippen molar-refractivity contribution in [2.45, 2.75) is 55.4 Å². The van der Waals surface area contributed by atoms with E-state index in [2.05, 4.69) is 0 Å². The highest BCUT2D eigenvalue weighted by Gasteiger charge is 2.24. The van der Waals surface area contributed by atoms with Crippen LogP contribution in [0.1, 0.15) is 49.9 Å². The van der Waals surface area contributed by atoms with Crippen molar-refractivity contribution in [3.63, 3.8) is 0 Å². The lowest BCUT2D eigenvalue weighted by Gasteiger charge is -2.21. The van der Waals surface area contributed by atoms with Crippen LogP contribution in [-0.2, 0) is 4.79 Å². The topological polar surface area (TPSA) is 49.7 Å². The number of Topliss-reactive ketones (excluding diaryl/α,β-unsaturated/α-hetero) is 1. The second-order valence-electron chi connectivity index (χ2n) is 6.49. The molecule has 1 aliphatic carbocycles. The lowest BCUT2D eigenvalue weighted by Crippen LogP contribution is -2.19. The summed E-state index contributed by atoms with van der Waals surface area (Å²) in [6.45, 7) is 15.4. The van der Waals surface area contributed by atoms with Crippen molar-refractivity contribution in [3.8, 4) is 5.75 Å². The van der Waals surface area contributed by atoms with E-state index in [9.17, 15) is 9.90 Å². The summed E-state index contributed by atoms with van der Waals surface area (Å²) < 4.78 is 0. The highest BCUT2D eigenvalue weighted by atomic mass is 16.3. The molecule has 0 saturated heterocycles. The van der Waals surface area contributed by atoms with Gasteiger partial charge in [0.1, 0.15) is 5.75 Å². The van der Waals surface area contributed by atoms with Crippen molar-refractivity contribution in [2.24, 2.45) is 4.99 Å². The zero-order valence-electron chi connectivity index (χ0n) is 15.3. The number of carbonyl (C=O) groups excluding carboxylic acids is 1. The van der Waals surface area contributed by atoms with E-state index >= 15 is 0 Å². The summed E-state index contributed by atoms with van der Waals surface area (Å²) in [5.41, 5.74) is 8.81. The minimum absolute atomic E-state index is 0.102. The Kier molecular flexibility index (Phi) is 4.34. The number of rotatable bonds is 1. The quantitative estimate of drug-likeness (QED) is 0.746. The number of hydrogen-bond acceptors (Lipinski definition) is 3. The molecule has 3 heteroatoms. The molecule has 0 amide bonds. The van der Waals surface area contributed by atoms with E-state index in [4.69, 9.17) is 4.99 Å². The van der Waals surface area contributed by atoms with Gasteiger partial charge < -0.3 is 5.11 Å². The smallest absolute Gasteiger partial charge is 0.185 e. The number of phenols is 1. The molecule has 23 heavy (non-hydrogen) atoms. The summed E-state index contributed by atoms with van der Waals surface area (Å²) in [6, 6.07) is 0. The molecule has 0 saturated carbocycles. The van der Waals surface area contributed by atoms with Crippen LogP contribution < -0.4 is 0 Å². The maximum Gasteiger partial charge on any atom is 0.185 e. The molecule has 0 aliphatic heterocycles. The first-order valence-electron chi connectivity index (χ1n) is 7.87. The molecule has 0 spiro atoms. The van der Waals surface area contributed by atoms with Crippen LogP contribution in [0.5, 0.6) is 5.75 Å². The number of ketones is 1. The predicted octanol–water partition coefficient (Wildman–Crippen LogP) is 4.95. The first kappa shape index (κ1) is 17.2. The van der Waals surface area contributed by atoms with Crippen molar-refractivity contribution in [2.75, 3.05) is 0 Å². The third kappa shape index (κ3) is 2.54. The fourth-order valence-corrected chi connectivity index (χ4v) is 2.98. The molecule has 3 nitrogen and oxygen atoms in total. The van der Waals surface area contributed by atoms with Crippen LogP contribution in [0.25, 0.3) is 0 Å². The summed E-state index contributed by atoms with van der Waals surface area (Å²) in [7, 11) is 0. The highest BCUT2D eigenvalue weighted by Crippen LogP contribution is 2.38. The maximum atomic E-state index is 12.2. The second kappa shape index (κ2) is 5.80. The molecule has 0 aromatic heterocycles. The minimum atomic E-state index is 0.102. The first-order chi connectivity index (χ1) is 10.6. The molecule has 0 radical (unpaired) electrons. The number of hydrogen-bond donors (Lipinski definition) is 1. The van der Waals surface area contributed by atoms with Crippen LogP contribution in [0.3, 0.4) is 0 Å². The Hall–Kier alpha value is -2.16. The van der Waals surface area contributed by atoms with Crippen LogP contribution in [0.15, 0.2) is 27.3 Å². The Morgan fingerprint density at radius 1 is 0.652 bits per heavy atom. The van der Waals surface area contributed by atoms with Crippen molar-refractivity contribution in [1.82, 2.24) is 0 Å². The van der Waals surface area contributed by atoms with Gasteiger partial charge in [-0.3, -0.25) is 4.79 Å². The molecule has 0 bridgehead atoms. The zero-order valence-corrected chi connectivity index (χ0v) is 15.3. The molecule has 0 fully saturated rings. The van der Waals surface area contributed by atoms with E-state index in [0.29, 0.717) is 5.75 Å². The molecule has 1 aromatic rings. The largest absolute Gasteiger partial charge is 0.507 e. The first-order valence-corrected chi connectivity index (χ1v) is 7.87.